The Balaban J connectivity index is 2.50. The highest BCUT2D eigenvalue weighted by Crippen LogP contribution is 2.36. The fourth-order valence-corrected chi connectivity index (χ4v) is 4.41. The van der Waals surface area contributed by atoms with Crippen LogP contribution < -0.4 is 4.31 Å². The first kappa shape index (κ1) is 28.4. The molecule has 0 aliphatic carbocycles. The summed E-state index contributed by atoms with van der Waals surface area (Å²) in [7, 11) is -6.13. The monoisotopic (exact) mass is 521 g/mol. The quantitative estimate of drug-likeness (QED) is 0.352. The number of amides is 2. The fraction of sp³-hybridized carbons (Fsp3) is 0.591. The van der Waals surface area contributed by atoms with Crippen molar-refractivity contribution in [1.82, 2.24) is 4.90 Å². The largest absolute Gasteiger partial charge is 0.517 e. The number of piperidine rings is 1. The van der Waals surface area contributed by atoms with Gasteiger partial charge in [-0.15, -0.1) is 0 Å². The minimum Gasteiger partial charge on any atom is -0.449 e. The lowest BCUT2D eigenvalue weighted by Crippen LogP contribution is -2.51. The molecule has 0 bridgehead atoms. The first-order chi connectivity index (χ1) is 16.3. The summed E-state index contributed by atoms with van der Waals surface area (Å²) < 4.78 is 69.0. The van der Waals surface area contributed by atoms with Crippen LogP contribution in [-0.4, -0.2) is 56.3 Å². The first-order valence-electron chi connectivity index (χ1n) is 11.2. The molecule has 0 aromatic heterocycles. The predicted octanol–water partition coefficient (Wildman–Crippen LogP) is 4.43. The number of anilines is 1. The van der Waals surface area contributed by atoms with Crippen LogP contribution in [0.4, 0.5) is 23.7 Å². The van der Waals surface area contributed by atoms with Gasteiger partial charge in [-0.1, -0.05) is 44.1 Å². The van der Waals surface area contributed by atoms with Crippen molar-refractivity contribution in [2.45, 2.75) is 59.0 Å². The highest BCUT2D eigenvalue weighted by Gasteiger charge is 2.53. The van der Waals surface area contributed by atoms with Gasteiger partial charge in [-0.05, 0) is 37.8 Å². The number of likely N-dealkylation sites (tertiary alicyclic amines) is 1. The first-order valence-corrected chi connectivity index (χ1v) is 12.6. The molecule has 1 saturated heterocycles. The van der Waals surface area contributed by atoms with Crippen LogP contribution >= 0.6 is 0 Å². The third-order valence-electron chi connectivity index (χ3n) is 5.76. The molecule has 1 unspecified atom stereocenters. The summed E-state index contributed by atoms with van der Waals surface area (Å²) in [4.78, 5) is 32.3. The van der Waals surface area contributed by atoms with Crippen LogP contribution in [0.5, 0.6) is 0 Å². The van der Waals surface area contributed by atoms with Gasteiger partial charge in [-0.25, -0.2) is 4.79 Å². The third-order valence-corrected chi connectivity index (χ3v) is 7.18. The smallest absolute Gasteiger partial charge is 0.449 e. The van der Waals surface area contributed by atoms with E-state index in [0.29, 0.717) is 25.9 Å². The number of carbonyl (C=O) groups is 2. The number of hydrogen-bond acceptors (Lipinski definition) is 7. The van der Waals surface area contributed by atoms with Gasteiger partial charge in [-0.2, -0.15) is 25.9 Å². The zero-order valence-electron chi connectivity index (χ0n) is 20.1. The molecular formula is C22H30F3N3O6S. The maximum absolute atomic E-state index is 13.4. The number of oxime groups is 1. The van der Waals surface area contributed by atoms with Crippen LogP contribution in [0.15, 0.2) is 29.4 Å². The number of alkyl halides is 3. The van der Waals surface area contributed by atoms with Crippen LogP contribution in [-0.2, 0) is 30.9 Å². The Bertz CT molecular complexity index is 1060. The van der Waals surface area contributed by atoms with E-state index in [4.69, 9.17) is 4.84 Å². The van der Waals surface area contributed by atoms with Gasteiger partial charge in [0, 0.05) is 18.5 Å². The van der Waals surface area contributed by atoms with Crippen LogP contribution in [0.1, 0.15) is 52.5 Å². The van der Waals surface area contributed by atoms with Gasteiger partial charge in [0.15, 0.2) is 5.71 Å². The Hall–Kier alpha value is -2.83. The molecule has 2 amide bonds. The Morgan fingerprint density at radius 3 is 2.46 bits per heavy atom. The van der Waals surface area contributed by atoms with Gasteiger partial charge < -0.3 is 14.5 Å². The summed E-state index contributed by atoms with van der Waals surface area (Å²) in [6, 6.07) is 5.15. The van der Waals surface area contributed by atoms with Crippen molar-refractivity contribution in [2.24, 2.45) is 10.6 Å². The molecule has 1 heterocycles. The van der Waals surface area contributed by atoms with Crippen molar-refractivity contribution >= 4 is 33.4 Å². The zero-order chi connectivity index (χ0) is 26.4. The second kappa shape index (κ2) is 11.3. The highest BCUT2D eigenvalue weighted by atomic mass is 32.2. The Kier molecular flexibility index (Phi) is 9.15. The van der Waals surface area contributed by atoms with Crippen molar-refractivity contribution in [1.29, 1.82) is 0 Å². The lowest BCUT2D eigenvalue weighted by atomic mass is 9.76. The Morgan fingerprint density at radius 2 is 1.89 bits per heavy atom. The number of halogens is 3. The zero-order valence-corrected chi connectivity index (χ0v) is 20.9. The van der Waals surface area contributed by atoms with Gasteiger partial charge in [0.1, 0.15) is 6.61 Å². The molecule has 1 aromatic carbocycles. The summed E-state index contributed by atoms with van der Waals surface area (Å²) in [6.45, 7) is 6.96. The Labute approximate surface area is 202 Å². The van der Waals surface area contributed by atoms with Gasteiger partial charge in [0.2, 0.25) is 0 Å². The minimum atomic E-state index is -6.13. The number of nitrogens with zero attached hydrogens (tertiary/aromatic N) is 3. The number of benzene rings is 1. The van der Waals surface area contributed by atoms with Crippen molar-refractivity contribution in [3.63, 3.8) is 0 Å². The second-order valence-electron chi connectivity index (χ2n) is 8.21. The van der Waals surface area contributed by atoms with Crippen LogP contribution in [0.25, 0.3) is 0 Å². The van der Waals surface area contributed by atoms with E-state index in [9.17, 15) is 31.2 Å². The van der Waals surface area contributed by atoms with Gasteiger partial charge >= 0.3 is 21.6 Å². The standard InChI is InChI=1S/C22H30F3N3O6S/c1-5-14-34-26-18-19(29)27(13-12-21(18,4)6-2)15-16-10-8-9-11-17(16)28(20(30)33-7-3)35(31,32)22(23,24)25/h8-11H,5-7,12-15H2,1-4H3/b26-18-. The number of ether oxygens (including phenoxy) is 1. The van der Waals surface area contributed by atoms with Crippen molar-refractivity contribution in [3.8, 4) is 0 Å². The number of carbonyl (C=O) groups excluding carboxylic acids is 2. The summed E-state index contributed by atoms with van der Waals surface area (Å²) in [6.07, 6.45) is 0.102. The molecule has 1 aliphatic rings. The molecule has 1 aromatic rings. The summed E-state index contributed by atoms with van der Waals surface area (Å²) in [5.74, 6) is -0.479. The fourth-order valence-electron chi connectivity index (χ4n) is 3.52. The number of para-hydroxylation sites is 1. The van der Waals surface area contributed by atoms with Crippen LogP contribution in [0.3, 0.4) is 0 Å². The topological polar surface area (TPSA) is 106 Å². The molecule has 0 N–H and O–H groups in total. The van der Waals surface area contributed by atoms with E-state index in [1.807, 2.05) is 20.8 Å². The minimum absolute atomic E-state index is 0.00987. The highest BCUT2D eigenvalue weighted by molar-refractivity contribution is 7.94. The summed E-state index contributed by atoms with van der Waals surface area (Å²) in [5, 5.41) is 4.05. The molecular weight excluding hydrogens is 491 g/mol. The number of rotatable bonds is 9. The molecule has 9 nitrogen and oxygen atoms in total. The average Bonchev–Trinajstić information content (AvgIpc) is 2.78. The maximum atomic E-state index is 13.4. The number of sulfonamides is 1. The summed E-state index contributed by atoms with van der Waals surface area (Å²) >= 11 is 0. The Morgan fingerprint density at radius 1 is 1.23 bits per heavy atom. The molecule has 13 heteroatoms. The molecule has 1 atom stereocenters. The molecule has 0 radical (unpaired) electrons. The van der Waals surface area contributed by atoms with Crippen molar-refractivity contribution in [3.05, 3.63) is 29.8 Å². The van der Waals surface area contributed by atoms with E-state index in [1.54, 1.807) is 0 Å². The molecule has 2 rings (SSSR count). The predicted molar refractivity (Wildman–Crippen MR) is 123 cm³/mol. The molecule has 196 valence electrons. The lowest BCUT2D eigenvalue weighted by molar-refractivity contribution is -0.127. The molecule has 0 saturated carbocycles. The van der Waals surface area contributed by atoms with Crippen molar-refractivity contribution < 1.29 is 40.8 Å². The normalized spacial score (nSPS) is 20.1. The average molecular weight is 522 g/mol. The molecule has 1 aliphatic heterocycles. The van der Waals surface area contributed by atoms with E-state index in [-0.39, 0.29) is 31.0 Å². The molecule has 35 heavy (non-hydrogen) atoms. The van der Waals surface area contributed by atoms with Gasteiger partial charge in [-0.3, -0.25) is 4.79 Å². The van der Waals surface area contributed by atoms with Crippen LogP contribution in [0.2, 0.25) is 0 Å². The molecule has 1 fully saturated rings. The van der Waals surface area contributed by atoms with E-state index >= 15 is 0 Å². The van der Waals surface area contributed by atoms with E-state index < -0.39 is 42.9 Å². The van der Waals surface area contributed by atoms with E-state index in [2.05, 4.69) is 9.89 Å². The lowest BCUT2D eigenvalue weighted by Gasteiger charge is -2.39. The second-order valence-corrected chi connectivity index (χ2v) is 9.99. The third kappa shape index (κ3) is 6.06. The van der Waals surface area contributed by atoms with Gasteiger partial charge in [0.25, 0.3) is 5.91 Å². The van der Waals surface area contributed by atoms with Crippen LogP contribution in [0, 0.1) is 5.41 Å². The number of hydrogen-bond donors (Lipinski definition) is 0. The summed E-state index contributed by atoms with van der Waals surface area (Å²) in [5.41, 5.74) is -6.68. The van der Waals surface area contributed by atoms with Gasteiger partial charge in [0.05, 0.1) is 12.3 Å². The maximum Gasteiger partial charge on any atom is 0.517 e. The SMILES string of the molecule is CCCO/N=C1/C(=O)N(Cc2ccccc2N(C(=O)OCC)S(=O)(=O)C(F)(F)F)CCC1(C)CC. The van der Waals surface area contributed by atoms with E-state index in [1.165, 1.54) is 30.0 Å². The van der Waals surface area contributed by atoms with Crippen molar-refractivity contribution in [2.75, 3.05) is 24.1 Å². The molecule has 0 spiro atoms. The van der Waals surface area contributed by atoms with E-state index in [0.717, 1.165) is 6.07 Å².